The van der Waals surface area contributed by atoms with Crippen molar-refractivity contribution in [3.8, 4) is 11.1 Å². The van der Waals surface area contributed by atoms with Crippen molar-refractivity contribution >= 4 is 18.0 Å². The topological polar surface area (TPSA) is 90.9 Å². The highest BCUT2D eigenvalue weighted by Crippen LogP contribution is 2.26. The van der Waals surface area contributed by atoms with E-state index in [1.807, 2.05) is 87.5 Å². The summed E-state index contributed by atoms with van der Waals surface area (Å²) in [6.07, 6.45) is -0.506. The van der Waals surface area contributed by atoms with E-state index >= 15 is 0 Å². The molecule has 3 aromatic carbocycles. The Bertz CT molecular complexity index is 1270. The summed E-state index contributed by atoms with van der Waals surface area (Å²) in [6, 6.07) is 23.1. The second-order valence-corrected chi connectivity index (χ2v) is 11.2. The van der Waals surface area contributed by atoms with E-state index in [4.69, 9.17) is 14.2 Å². The van der Waals surface area contributed by atoms with Gasteiger partial charge < -0.3 is 19.5 Å². The van der Waals surface area contributed by atoms with Gasteiger partial charge in [0.15, 0.2) is 0 Å². The second-order valence-electron chi connectivity index (χ2n) is 11.2. The lowest BCUT2D eigenvalue weighted by Crippen LogP contribution is -2.45. The average molecular weight is 532 g/mol. The molecule has 3 rings (SSSR count). The number of ether oxygens (including phenoxy) is 3. The molecule has 1 N–H and O–H groups in total. The van der Waals surface area contributed by atoms with Crippen molar-refractivity contribution in [2.24, 2.45) is 0 Å². The van der Waals surface area contributed by atoms with Crippen molar-refractivity contribution in [2.75, 3.05) is 0 Å². The molecule has 0 unspecified atom stereocenters. The number of hydrogen-bond acceptors (Lipinski definition) is 6. The van der Waals surface area contributed by atoms with Gasteiger partial charge in [0.05, 0.1) is 5.56 Å². The summed E-state index contributed by atoms with van der Waals surface area (Å²) < 4.78 is 16.4. The molecule has 0 saturated carbocycles. The summed E-state index contributed by atoms with van der Waals surface area (Å²) >= 11 is 0. The highest BCUT2D eigenvalue weighted by Gasteiger charge is 2.26. The number of amides is 1. The largest absolute Gasteiger partial charge is 0.459 e. The Kier molecular flexibility index (Phi) is 9.51. The fourth-order valence-corrected chi connectivity index (χ4v) is 3.77. The first-order valence-electron chi connectivity index (χ1n) is 12.9. The zero-order chi connectivity index (χ0) is 28.6. The Morgan fingerprint density at radius 1 is 0.718 bits per heavy atom. The predicted octanol–water partition coefficient (Wildman–Crippen LogP) is 6.49. The minimum atomic E-state index is -0.955. The molecule has 0 bridgehead atoms. The smallest absolute Gasteiger partial charge is 0.408 e. The fourth-order valence-electron chi connectivity index (χ4n) is 3.77. The van der Waals surface area contributed by atoms with E-state index in [1.54, 1.807) is 32.9 Å². The van der Waals surface area contributed by atoms with E-state index < -0.39 is 35.3 Å². The van der Waals surface area contributed by atoms with Crippen molar-refractivity contribution in [3.63, 3.8) is 0 Å². The number of rotatable bonds is 8. The molecular weight excluding hydrogens is 494 g/mol. The summed E-state index contributed by atoms with van der Waals surface area (Å²) in [5, 5.41) is 2.65. The lowest BCUT2D eigenvalue weighted by molar-refractivity contribution is -0.147. The molecule has 206 valence electrons. The minimum absolute atomic E-state index is 0.0898. The summed E-state index contributed by atoms with van der Waals surface area (Å²) in [5.41, 5.74) is 2.34. The van der Waals surface area contributed by atoms with Crippen LogP contribution in [0.25, 0.3) is 11.1 Å². The average Bonchev–Trinajstić information content (AvgIpc) is 2.86. The zero-order valence-electron chi connectivity index (χ0n) is 23.4. The SMILES string of the molecule is CC(C)(C)OC(=O)N[C@@H](Cc1ccc(-c2ccccc2C(=O)OC(C)(C)C)cc1)C(=O)OCc1ccccc1. The molecule has 7 heteroatoms. The Morgan fingerprint density at radius 2 is 1.31 bits per heavy atom. The van der Waals surface area contributed by atoms with Crippen LogP contribution in [-0.4, -0.2) is 35.3 Å². The number of nitrogens with one attached hydrogen (secondary N) is 1. The summed E-state index contributed by atoms with van der Waals surface area (Å²) in [7, 11) is 0. The molecule has 0 spiro atoms. The molecule has 0 saturated heterocycles. The number of benzene rings is 3. The molecule has 0 aliphatic carbocycles. The summed E-state index contributed by atoms with van der Waals surface area (Å²) in [4.78, 5) is 38.3. The van der Waals surface area contributed by atoms with Crippen LogP contribution < -0.4 is 5.32 Å². The van der Waals surface area contributed by atoms with Gasteiger partial charge in [-0.3, -0.25) is 0 Å². The zero-order valence-corrected chi connectivity index (χ0v) is 23.4. The van der Waals surface area contributed by atoms with Crippen molar-refractivity contribution in [1.82, 2.24) is 5.32 Å². The molecule has 1 amide bonds. The van der Waals surface area contributed by atoms with Crippen LogP contribution in [0.2, 0.25) is 0 Å². The van der Waals surface area contributed by atoms with Gasteiger partial charge in [-0.25, -0.2) is 14.4 Å². The first kappa shape index (κ1) is 29.4. The van der Waals surface area contributed by atoms with E-state index in [1.165, 1.54) is 0 Å². The van der Waals surface area contributed by atoms with E-state index in [9.17, 15) is 14.4 Å². The maximum atomic E-state index is 13.0. The number of carbonyl (C=O) groups excluding carboxylic acids is 3. The summed E-state index contributed by atoms with van der Waals surface area (Å²) in [6.45, 7) is 10.8. The molecule has 1 atom stereocenters. The quantitative estimate of drug-likeness (QED) is 0.264. The molecule has 0 fully saturated rings. The molecule has 7 nitrogen and oxygen atoms in total. The normalized spacial score (nSPS) is 12.3. The molecular formula is C32H37NO6. The van der Waals surface area contributed by atoms with Gasteiger partial charge >= 0.3 is 18.0 Å². The van der Waals surface area contributed by atoms with Crippen LogP contribution in [0.15, 0.2) is 78.9 Å². The third-order valence-corrected chi connectivity index (χ3v) is 5.45. The van der Waals surface area contributed by atoms with Crippen LogP contribution in [0.3, 0.4) is 0 Å². The Balaban J connectivity index is 1.78. The van der Waals surface area contributed by atoms with Gasteiger partial charge in [0.25, 0.3) is 0 Å². The minimum Gasteiger partial charge on any atom is -0.459 e. The predicted molar refractivity (Wildman–Crippen MR) is 150 cm³/mol. The number of carbonyl (C=O) groups is 3. The van der Waals surface area contributed by atoms with Crippen LogP contribution in [0.5, 0.6) is 0 Å². The fraction of sp³-hybridized carbons (Fsp3) is 0.344. The van der Waals surface area contributed by atoms with Crippen LogP contribution in [0, 0.1) is 0 Å². The lowest BCUT2D eigenvalue weighted by Gasteiger charge is -2.23. The van der Waals surface area contributed by atoms with Crippen LogP contribution in [-0.2, 0) is 32.0 Å². The van der Waals surface area contributed by atoms with Gasteiger partial charge in [0, 0.05) is 6.42 Å². The Hall–Kier alpha value is -4.13. The van der Waals surface area contributed by atoms with Crippen molar-refractivity contribution in [1.29, 1.82) is 0 Å². The van der Waals surface area contributed by atoms with Crippen LogP contribution in [0.4, 0.5) is 4.79 Å². The molecule has 0 aromatic heterocycles. The van der Waals surface area contributed by atoms with Gasteiger partial charge in [-0.15, -0.1) is 0 Å². The van der Waals surface area contributed by atoms with Crippen LogP contribution >= 0.6 is 0 Å². The number of hydrogen-bond donors (Lipinski definition) is 1. The maximum absolute atomic E-state index is 13.0. The number of alkyl carbamates (subject to hydrolysis) is 1. The highest BCUT2D eigenvalue weighted by molar-refractivity contribution is 5.97. The Morgan fingerprint density at radius 3 is 1.92 bits per heavy atom. The lowest BCUT2D eigenvalue weighted by atomic mass is 9.97. The molecule has 0 aliphatic heterocycles. The molecule has 0 radical (unpaired) electrons. The third kappa shape index (κ3) is 9.60. The molecule has 39 heavy (non-hydrogen) atoms. The highest BCUT2D eigenvalue weighted by atomic mass is 16.6. The van der Waals surface area contributed by atoms with Crippen molar-refractivity contribution in [2.45, 2.75) is 71.8 Å². The third-order valence-electron chi connectivity index (χ3n) is 5.45. The first-order chi connectivity index (χ1) is 18.3. The van der Waals surface area contributed by atoms with E-state index in [-0.39, 0.29) is 13.0 Å². The second kappa shape index (κ2) is 12.6. The van der Waals surface area contributed by atoms with Gasteiger partial charge in [-0.1, -0.05) is 72.8 Å². The van der Waals surface area contributed by atoms with Gasteiger partial charge in [0.2, 0.25) is 0 Å². The van der Waals surface area contributed by atoms with E-state index in [0.717, 1.165) is 22.3 Å². The summed E-state index contributed by atoms with van der Waals surface area (Å²) in [5.74, 6) is -0.964. The van der Waals surface area contributed by atoms with Gasteiger partial charge in [-0.05, 0) is 69.9 Å². The maximum Gasteiger partial charge on any atom is 0.408 e. The van der Waals surface area contributed by atoms with Crippen molar-refractivity contribution in [3.05, 3.63) is 95.6 Å². The molecule has 0 heterocycles. The monoisotopic (exact) mass is 531 g/mol. The van der Waals surface area contributed by atoms with Gasteiger partial charge in [-0.2, -0.15) is 0 Å². The number of esters is 2. The first-order valence-corrected chi connectivity index (χ1v) is 12.9. The Labute approximate surface area is 230 Å². The molecule has 0 aliphatic rings. The van der Waals surface area contributed by atoms with Crippen LogP contribution in [0.1, 0.15) is 63.0 Å². The van der Waals surface area contributed by atoms with E-state index in [0.29, 0.717) is 5.56 Å². The van der Waals surface area contributed by atoms with Crippen molar-refractivity contribution < 1.29 is 28.6 Å². The van der Waals surface area contributed by atoms with Gasteiger partial charge in [0.1, 0.15) is 23.9 Å². The van der Waals surface area contributed by atoms with E-state index in [2.05, 4.69) is 5.32 Å². The standard InChI is InChI=1S/C32H37NO6/c1-31(2,3)38-28(34)26-15-11-10-14-25(26)24-18-16-22(17-19-24)20-27(33-30(36)39-32(4,5)6)29(35)37-21-23-12-8-7-9-13-23/h7-19,27H,20-21H2,1-6H3,(H,33,36)/t27-/m0/s1. The molecule has 3 aromatic rings.